The Kier molecular flexibility index (Phi) is 5.08. The fourth-order valence-corrected chi connectivity index (χ4v) is 2.71. The number of carbonyl (C=O) groups is 1. The molecule has 0 fully saturated rings. The average Bonchev–Trinajstić information content (AvgIpc) is 2.63. The maximum absolute atomic E-state index is 12.5. The van der Waals surface area contributed by atoms with E-state index < -0.39 is 10.9 Å². The number of hydrogen-bond donors (Lipinski definition) is 0. The maximum Gasteiger partial charge on any atom is 0.343 e. The van der Waals surface area contributed by atoms with Crippen LogP contribution in [0.2, 0.25) is 0 Å². The van der Waals surface area contributed by atoms with Gasteiger partial charge in [0.25, 0.3) is 5.69 Å². The summed E-state index contributed by atoms with van der Waals surface area (Å²) in [4.78, 5) is 22.9. The van der Waals surface area contributed by atoms with Gasteiger partial charge in [0, 0.05) is 18.1 Å². The number of nitrogens with zero attached hydrogens (tertiary/aromatic N) is 1. The molecule has 0 spiro atoms. The number of para-hydroxylation sites is 1. The van der Waals surface area contributed by atoms with Crippen LogP contribution in [-0.4, -0.2) is 10.9 Å². The number of nitro groups is 1. The lowest BCUT2D eigenvalue weighted by Gasteiger charge is -2.10. The molecule has 130 valence electrons. The van der Waals surface area contributed by atoms with Crippen molar-refractivity contribution in [2.24, 2.45) is 0 Å². The Morgan fingerprint density at radius 3 is 2.38 bits per heavy atom. The fraction of sp³-hybridized carbons (Fsp3) is 0.0952. The van der Waals surface area contributed by atoms with E-state index in [9.17, 15) is 14.9 Å². The van der Waals surface area contributed by atoms with Crippen LogP contribution in [0, 0.1) is 17.0 Å². The summed E-state index contributed by atoms with van der Waals surface area (Å²) in [6.07, 6.45) is 0.642. The van der Waals surface area contributed by atoms with Gasteiger partial charge in [0.2, 0.25) is 0 Å². The zero-order valence-corrected chi connectivity index (χ0v) is 14.2. The number of esters is 1. The molecule has 3 rings (SSSR count). The first kappa shape index (κ1) is 17.4. The zero-order valence-electron chi connectivity index (χ0n) is 14.2. The zero-order chi connectivity index (χ0) is 18.5. The topological polar surface area (TPSA) is 69.4 Å². The summed E-state index contributed by atoms with van der Waals surface area (Å²) in [7, 11) is 0. The first-order chi connectivity index (χ1) is 12.5. The van der Waals surface area contributed by atoms with Crippen LogP contribution in [0.25, 0.3) is 0 Å². The standard InChI is InChI=1S/C21H17NO4/c1-15-13-18(11-12-19(15)22(24)25)21(23)26-20-10-6-5-9-17(20)14-16-7-3-2-4-8-16/h2-13H,14H2,1H3. The van der Waals surface area contributed by atoms with Gasteiger partial charge in [-0.15, -0.1) is 0 Å². The number of aryl methyl sites for hydroxylation is 1. The van der Waals surface area contributed by atoms with Crippen LogP contribution in [-0.2, 0) is 6.42 Å². The van der Waals surface area contributed by atoms with E-state index in [1.807, 2.05) is 42.5 Å². The second kappa shape index (κ2) is 7.61. The lowest BCUT2D eigenvalue weighted by Crippen LogP contribution is -2.10. The molecule has 26 heavy (non-hydrogen) atoms. The molecule has 0 saturated carbocycles. The molecule has 0 aliphatic rings. The van der Waals surface area contributed by atoms with Crippen LogP contribution in [0.3, 0.4) is 0 Å². The van der Waals surface area contributed by atoms with Crippen LogP contribution in [0.15, 0.2) is 72.8 Å². The molecule has 0 saturated heterocycles. The van der Waals surface area contributed by atoms with Crippen molar-refractivity contribution in [1.29, 1.82) is 0 Å². The van der Waals surface area contributed by atoms with Gasteiger partial charge in [-0.05, 0) is 36.2 Å². The van der Waals surface area contributed by atoms with Crippen LogP contribution in [0.4, 0.5) is 5.69 Å². The highest BCUT2D eigenvalue weighted by atomic mass is 16.6. The van der Waals surface area contributed by atoms with Crippen LogP contribution < -0.4 is 4.74 Å². The van der Waals surface area contributed by atoms with Gasteiger partial charge in [0.15, 0.2) is 0 Å². The molecule has 0 heterocycles. The van der Waals surface area contributed by atoms with Crippen molar-refractivity contribution < 1.29 is 14.5 Å². The molecule has 0 unspecified atom stereocenters. The second-order valence-electron chi connectivity index (χ2n) is 5.92. The molecule has 3 aromatic carbocycles. The smallest absolute Gasteiger partial charge is 0.343 e. The van der Waals surface area contributed by atoms with Gasteiger partial charge < -0.3 is 4.74 Å². The predicted molar refractivity (Wildman–Crippen MR) is 98.5 cm³/mol. The Balaban J connectivity index is 1.82. The van der Waals surface area contributed by atoms with Gasteiger partial charge >= 0.3 is 5.97 Å². The second-order valence-corrected chi connectivity index (χ2v) is 5.92. The summed E-state index contributed by atoms with van der Waals surface area (Å²) < 4.78 is 5.55. The van der Waals surface area contributed by atoms with Gasteiger partial charge in [-0.1, -0.05) is 48.5 Å². The molecule has 0 aliphatic carbocycles. The Hall–Kier alpha value is -3.47. The Bertz CT molecular complexity index is 951. The lowest BCUT2D eigenvalue weighted by atomic mass is 10.0. The number of ether oxygens (including phenoxy) is 1. The molecular weight excluding hydrogens is 330 g/mol. The van der Waals surface area contributed by atoms with Gasteiger partial charge in [-0.25, -0.2) is 4.79 Å². The van der Waals surface area contributed by atoms with Crippen LogP contribution >= 0.6 is 0 Å². The summed E-state index contributed by atoms with van der Waals surface area (Å²) in [5, 5.41) is 10.9. The minimum absolute atomic E-state index is 0.0222. The molecule has 0 atom stereocenters. The summed E-state index contributed by atoms with van der Waals surface area (Å²) >= 11 is 0. The molecule has 0 aliphatic heterocycles. The molecule has 0 amide bonds. The summed E-state index contributed by atoms with van der Waals surface area (Å²) in [6, 6.07) is 21.5. The molecule has 0 radical (unpaired) electrons. The third kappa shape index (κ3) is 3.95. The Morgan fingerprint density at radius 2 is 1.69 bits per heavy atom. The van der Waals surface area contributed by atoms with Gasteiger partial charge in [-0.2, -0.15) is 0 Å². The molecule has 0 bridgehead atoms. The summed E-state index contributed by atoms with van der Waals surface area (Å²) in [6.45, 7) is 1.60. The monoisotopic (exact) mass is 347 g/mol. The molecule has 5 nitrogen and oxygen atoms in total. The maximum atomic E-state index is 12.5. The van der Waals surface area contributed by atoms with Gasteiger partial charge in [0.05, 0.1) is 10.5 Å². The third-order valence-corrected chi connectivity index (χ3v) is 4.04. The van der Waals surface area contributed by atoms with Crippen LogP contribution in [0.5, 0.6) is 5.75 Å². The highest BCUT2D eigenvalue weighted by Crippen LogP contribution is 2.24. The highest BCUT2D eigenvalue weighted by Gasteiger charge is 2.16. The molecular formula is C21H17NO4. The number of benzene rings is 3. The van der Waals surface area contributed by atoms with Crippen molar-refractivity contribution >= 4 is 11.7 Å². The van der Waals surface area contributed by atoms with Crippen molar-refractivity contribution in [3.8, 4) is 5.75 Å². The molecule has 3 aromatic rings. The lowest BCUT2D eigenvalue weighted by molar-refractivity contribution is -0.385. The number of nitro benzene ring substituents is 1. The number of hydrogen-bond acceptors (Lipinski definition) is 4. The summed E-state index contributed by atoms with van der Waals surface area (Å²) in [5.74, 6) is -0.0548. The molecule has 0 aromatic heterocycles. The van der Waals surface area contributed by atoms with E-state index in [0.717, 1.165) is 11.1 Å². The average molecular weight is 347 g/mol. The van der Waals surface area contributed by atoms with E-state index in [1.165, 1.54) is 18.2 Å². The van der Waals surface area contributed by atoms with Gasteiger partial charge in [0.1, 0.15) is 5.75 Å². The largest absolute Gasteiger partial charge is 0.423 e. The van der Waals surface area contributed by atoms with Crippen molar-refractivity contribution in [2.75, 3.05) is 0 Å². The van der Waals surface area contributed by atoms with Gasteiger partial charge in [-0.3, -0.25) is 10.1 Å². The minimum atomic E-state index is -0.538. The summed E-state index contributed by atoms with van der Waals surface area (Å²) in [5.41, 5.74) is 2.68. The highest BCUT2D eigenvalue weighted by molar-refractivity contribution is 5.91. The quantitative estimate of drug-likeness (QED) is 0.290. The predicted octanol–water partition coefficient (Wildman–Crippen LogP) is 4.71. The van der Waals surface area contributed by atoms with Crippen molar-refractivity contribution in [2.45, 2.75) is 13.3 Å². The number of rotatable bonds is 5. The SMILES string of the molecule is Cc1cc(C(=O)Oc2ccccc2Cc2ccccc2)ccc1[N+](=O)[O-]. The van der Waals surface area contributed by atoms with Crippen molar-refractivity contribution in [3.05, 3.63) is 105 Å². The van der Waals surface area contributed by atoms with E-state index >= 15 is 0 Å². The third-order valence-electron chi connectivity index (χ3n) is 4.04. The van der Waals surface area contributed by atoms with E-state index in [1.54, 1.807) is 19.1 Å². The van der Waals surface area contributed by atoms with E-state index in [-0.39, 0.29) is 11.3 Å². The van der Waals surface area contributed by atoms with E-state index in [2.05, 4.69) is 0 Å². The fourth-order valence-electron chi connectivity index (χ4n) is 2.71. The first-order valence-electron chi connectivity index (χ1n) is 8.13. The minimum Gasteiger partial charge on any atom is -0.423 e. The van der Waals surface area contributed by atoms with E-state index in [0.29, 0.717) is 17.7 Å². The van der Waals surface area contributed by atoms with Crippen molar-refractivity contribution in [1.82, 2.24) is 0 Å². The normalized spacial score (nSPS) is 10.3. The molecule has 0 N–H and O–H groups in total. The van der Waals surface area contributed by atoms with E-state index in [4.69, 9.17) is 4.74 Å². The Morgan fingerprint density at radius 1 is 1.00 bits per heavy atom. The first-order valence-corrected chi connectivity index (χ1v) is 8.13. The van der Waals surface area contributed by atoms with Crippen LogP contribution in [0.1, 0.15) is 27.0 Å². The molecule has 5 heteroatoms. The Labute approximate surface area is 151 Å². The van der Waals surface area contributed by atoms with Crippen molar-refractivity contribution in [3.63, 3.8) is 0 Å². The number of carbonyl (C=O) groups excluding carboxylic acids is 1.